The van der Waals surface area contributed by atoms with E-state index in [9.17, 15) is 4.79 Å². The molecule has 0 aliphatic carbocycles. The molecule has 1 aliphatic rings. The van der Waals surface area contributed by atoms with Crippen molar-refractivity contribution in [3.8, 4) is 11.5 Å². The number of nitrogens with zero attached hydrogens (tertiary/aromatic N) is 1. The number of fused-ring (bicyclic) bond motifs is 1. The first-order valence-electron chi connectivity index (χ1n) is 11.2. The molecule has 0 bridgehead atoms. The molecule has 0 N–H and O–H groups in total. The third kappa shape index (κ3) is 5.38. The van der Waals surface area contributed by atoms with Gasteiger partial charge >= 0.3 is 5.97 Å². The molecular formula is C29H22INO4. The van der Waals surface area contributed by atoms with Crippen LogP contribution in [-0.4, -0.2) is 18.5 Å². The highest BCUT2D eigenvalue weighted by molar-refractivity contribution is 14.1. The Bertz CT molecular complexity index is 1470. The van der Waals surface area contributed by atoms with E-state index in [1.165, 1.54) is 0 Å². The van der Waals surface area contributed by atoms with Crippen LogP contribution in [0.15, 0.2) is 95.6 Å². The quantitative estimate of drug-likeness (QED) is 0.139. The number of esters is 1. The number of hydrogen-bond acceptors (Lipinski definition) is 5. The van der Waals surface area contributed by atoms with Crippen LogP contribution in [0.2, 0.25) is 0 Å². The van der Waals surface area contributed by atoms with Gasteiger partial charge in [0.1, 0.15) is 6.61 Å². The molecule has 0 saturated carbocycles. The summed E-state index contributed by atoms with van der Waals surface area (Å²) in [6, 6.07) is 27.6. The van der Waals surface area contributed by atoms with Gasteiger partial charge in [0.05, 0.1) is 6.61 Å². The summed E-state index contributed by atoms with van der Waals surface area (Å²) in [7, 11) is 0. The lowest BCUT2D eigenvalue weighted by Crippen LogP contribution is -2.05. The third-order valence-electron chi connectivity index (χ3n) is 5.47. The molecule has 0 unspecified atom stereocenters. The molecule has 1 aliphatic heterocycles. The molecule has 0 radical (unpaired) electrons. The Hall–Kier alpha value is -3.65. The Kier molecular flexibility index (Phi) is 6.81. The summed E-state index contributed by atoms with van der Waals surface area (Å²) in [4.78, 5) is 17.0. The first kappa shape index (κ1) is 23.1. The van der Waals surface area contributed by atoms with E-state index in [1.807, 2.05) is 85.8 Å². The Labute approximate surface area is 217 Å². The predicted molar refractivity (Wildman–Crippen MR) is 146 cm³/mol. The fourth-order valence-electron chi connectivity index (χ4n) is 3.80. The van der Waals surface area contributed by atoms with Crippen LogP contribution in [0, 0.1) is 3.57 Å². The maximum Gasteiger partial charge on any atom is 0.363 e. The standard InChI is InChI=1S/C29H22INO4/c1-2-33-27-16-19(10-13-26(27)34-18-20-6-5-9-24(30)14-20)15-25-29(32)35-28(31-25)23-12-11-21-7-3-4-8-22(21)17-23/h3-17H,2,18H2,1H3/b25-15-. The molecule has 5 nitrogen and oxygen atoms in total. The minimum Gasteiger partial charge on any atom is -0.490 e. The van der Waals surface area contributed by atoms with E-state index in [4.69, 9.17) is 14.2 Å². The highest BCUT2D eigenvalue weighted by Crippen LogP contribution is 2.31. The van der Waals surface area contributed by atoms with Crippen LogP contribution >= 0.6 is 22.6 Å². The first-order chi connectivity index (χ1) is 17.1. The fourth-order valence-corrected chi connectivity index (χ4v) is 4.41. The van der Waals surface area contributed by atoms with E-state index in [-0.39, 0.29) is 5.70 Å². The van der Waals surface area contributed by atoms with Crippen LogP contribution in [0.4, 0.5) is 0 Å². The first-order valence-corrected chi connectivity index (χ1v) is 12.3. The molecule has 0 spiro atoms. The zero-order chi connectivity index (χ0) is 24.2. The number of carbonyl (C=O) groups excluding carboxylic acids is 1. The Balaban J connectivity index is 1.39. The monoisotopic (exact) mass is 575 g/mol. The van der Waals surface area contributed by atoms with Gasteiger partial charge < -0.3 is 14.2 Å². The molecule has 6 heteroatoms. The van der Waals surface area contributed by atoms with E-state index in [2.05, 4.69) is 33.6 Å². The largest absolute Gasteiger partial charge is 0.490 e. The second-order valence-electron chi connectivity index (χ2n) is 7.96. The van der Waals surface area contributed by atoms with Crippen LogP contribution in [0.25, 0.3) is 16.8 Å². The van der Waals surface area contributed by atoms with Gasteiger partial charge in [-0.05, 0) is 93.9 Å². The van der Waals surface area contributed by atoms with Crippen molar-refractivity contribution < 1.29 is 19.0 Å². The molecule has 0 amide bonds. The Morgan fingerprint density at radius 2 is 1.74 bits per heavy atom. The Morgan fingerprint density at radius 3 is 2.57 bits per heavy atom. The molecule has 0 atom stereocenters. The van der Waals surface area contributed by atoms with Crippen molar-refractivity contribution in [3.63, 3.8) is 0 Å². The average molecular weight is 575 g/mol. The fraction of sp³-hybridized carbons (Fsp3) is 0.103. The van der Waals surface area contributed by atoms with Gasteiger partial charge in [-0.15, -0.1) is 0 Å². The molecule has 1 heterocycles. The molecular weight excluding hydrogens is 553 g/mol. The van der Waals surface area contributed by atoms with Crippen LogP contribution in [0.5, 0.6) is 11.5 Å². The molecule has 5 rings (SSSR count). The molecule has 174 valence electrons. The van der Waals surface area contributed by atoms with Gasteiger partial charge in [-0.1, -0.05) is 48.5 Å². The number of ether oxygens (including phenoxy) is 3. The van der Waals surface area contributed by atoms with Crippen molar-refractivity contribution in [1.29, 1.82) is 0 Å². The van der Waals surface area contributed by atoms with E-state index in [0.717, 1.165) is 31.0 Å². The van der Waals surface area contributed by atoms with Crippen molar-refractivity contribution in [1.82, 2.24) is 0 Å². The predicted octanol–water partition coefficient (Wildman–Crippen LogP) is 6.77. The average Bonchev–Trinajstić information content (AvgIpc) is 3.23. The van der Waals surface area contributed by atoms with Gasteiger partial charge in [0, 0.05) is 9.13 Å². The van der Waals surface area contributed by atoms with Crippen LogP contribution in [0.3, 0.4) is 0 Å². The lowest BCUT2D eigenvalue weighted by molar-refractivity contribution is -0.129. The van der Waals surface area contributed by atoms with Crippen LogP contribution < -0.4 is 9.47 Å². The van der Waals surface area contributed by atoms with E-state index >= 15 is 0 Å². The van der Waals surface area contributed by atoms with Crippen molar-refractivity contribution >= 4 is 51.3 Å². The molecule has 35 heavy (non-hydrogen) atoms. The van der Waals surface area contributed by atoms with Crippen LogP contribution in [0.1, 0.15) is 23.6 Å². The van der Waals surface area contributed by atoms with Crippen molar-refractivity contribution in [2.45, 2.75) is 13.5 Å². The lowest BCUT2D eigenvalue weighted by atomic mass is 10.1. The highest BCUT2D eigenvalue weighted by atomic mass is 127. The van der Waals surface area contributed by atoms with Gasteiger partial charge in [0.2, 0.25) is 5.90 Å². The SMILES string of the molecule is CCOc1cc(/C=C2\N=C(c3ccc4ccccc4c3)OC2=O)ccc1OCc1cccc(I)c1. The molecule has 0 aromatic heterocycles. The highest BCUT2D eigenvalue weighted by Gasteiger charge is 2.24. The topological polar surface area (TPSA) is 57.1 Å². The number of carbonyl (C=O) groups is 1. The minimum atomic E-state index is -0.481. The number of rotatable bonds is 7. The number of benzene rings is 4. The summed E-state index contributed by atoms with van der Waals surface area (Å²) in [6.07, 6.45) is 1.70. The zero-order valence-corrected chi connectivity index (χ0v) is 21.2. The van der Waals surface area contributed by atoms with Crippen molar-refractivity contribution in [2.75, 3.05) is 6.61 Å². The van der Waals surface area contributed by atoms with Crippen molar-refractivity contribution in [3.05, 3.63) is 111 Å². The zero-order valence-electron chi connectivity index (χ0n) is 19.0. The van der Waals surface area contributed by atoms with Crippen molar-refractivity contribution in [2.24, 2.45) is 4.99 Å². The van der Waals surface area contributed by atoms with Gasteiger partial charge in [0.15, 0.2) is 17.2 Å². The number of aliphatic imine (C=N–C) groups is 1. The normalized spacial score (nSPS) is 14.2. The molecule has 0 saturated heterocycles. The summed E-state index contributed by atoms with van der Waals surface area (Å²) in [5.74, 6) is 1.07. The van der Waals surface area contributed by atoms with Gasteiger partial charge in [-0.25, -0.2) is 9.79 Å². The summed E-state index contributed by atoms with van der Waals surface area (Å²) in [6.45, 7) is 2.85. The summed E-state index contributed by atoms with van der Waals surface area (Å²) < 4.78 is 18.4. The van der Waals surface area contributed by atoms with Gasteiger partial charge in [-0.2, -0.15) is 0 Å². The molecule has 4 aromatic carbocycles. The summed E-state index contributed by atoms with van der Waals surface area (Å²) >= 11 is 2.28. The van der Waals surface area contributed by atoms with E-state index in [0.29, 0.717) is 30.6 Å². The number of halogens is 1. The second kappa shape index (κ2) is 10.3. The minimum absolute atomic E-state index is 0.239. The molecule has 4 aromatic rings. The second-order valence-corrected chi connectivity index (χ2v) is 9.20. The van der Waals surface area contributed by atoms with Crippen LogP contribution in [-0.2, 0) is 16.1 Å². The summed E-state index contributed by atoms with van der Waals surface area (Å²) in [5, 5.41) is 2.17. The number of cyclic esters (lactones) is 1. The molecule has 0 fully saturated rings. The lowest BCUT2D eigenvalue weighted by Gasteiger charge is -2.13. The van der Waals surface area contributed by atoms with Gasteiger partial charge in [0.25, 0.3) is 0 Å². The van der Waals surface area contributed by atoms with E-state index < -0.39 is 5.97 Å². The van der Waals surface area contributed by atoms with E-state index in [1.54, 1.807) is 6.08 Å². The number of hydrogen-bond donors (Lipinski definition) is 0. The maximum atomic E-state index is 12.5. The third-order valence-corrected chi connectivity index (χ3v) is 6.14. The Morgan fingerprint density at radius 1 is 0.886 bits per heavy atom. The summed E-state index contributed by atoms with van der Waals surface area (Å²) in [5.41, 5.74) is 2.85. The smallest absolute Gasteiger partial charge is 0.363 e. The van der Waals surface area contributed by atoms with Gasteiger partial charge in [-0.3, -0.25) is 0 Å². The maximum absolute atomic E-state index is 12.5.